The van der Waals surface area contributed by atoms with Gasteiger partial charge in [0.1, 0.15) is 11.6 Å². The number of H-pyrrole nitrogens is 2. The maximum absolute atomic E-state index is 13.7. The molecular formula is C41H44N8O4. The number of rotatable bonds is 9. The highest BCUT2D eigenvalue weighted by Gasteiger charge is 2.39. The summed E-state index contributed by atoms with van der Waals surface area (Å²) in [6, 6.07) is 25.3. The first-order valence-electron chi connectivity index (χ1n) is 18.5. The van der Waals surface area contributed by atoms with Crippen molar-refractivity contribution in [3.8, 4) is 33.6 Å². The van der Waals surface area contributed by atoms with E-state index in [9.17, 15) is 14.4 Å². The van der Waals surface area contributed by atoms with Crippen molar-refractivity contribution in [1.82, 2.24) is 34.6 Å². The molecule has 8 rings (SSSR count). The summed E-state index contributed by atoms with van der Waals surface area (Å²) in [5.74, 6) is 1.45. The van der Waals surface area contributed by atoms with Gasteiger partial charge in [0.15, 0.2) is 0 Å². The molecule has 4 N–H and O–H groups in total. The van der Waals surface area contributed by atoms with Gasteiger partial charge >= 0.3 is 6.09 Å². The standard InChI is InChI=1S/C41H44N8O4/c1-47-21-5-12-35(47)39(50)48-22-6-10-33(48)37-43-24-31(45-37)28-17-13-26(14-18-28)27-15-19-29(20-16-27)32-25-44-38(46-32)34-11-7-23-49(34)40(51)36(53-41(42)52)30-8-3-2-4-9-30/h2-4,8-9,13-20,24-25,33-36H,5-7,10-12,21-23H2,1H3,(H2,42,52)(H,43,45)(H,44,46)/t33-,34-,35-,36+/m0/s1. The number of imidazole rings is 2. The largest absolute Gasteiger partial charge is 0.431 e. The number of primary amides is 1. The third-order valence-corrected chi connectivity index (χ3v) is 11.0. The Morgan fingerprint density at radius 1 is 0.698 bits per heavy atom. The van der Waals surface area contributed by atoms with Crippen molar-refractivity contribution < 1.29 is 19.1 Å². The van der Waals surface area contributed by atoms with Crippen LogP contribution in [-0.4, -0.2) is 85.3 Å². The highest BCUT2D eigenvalue weighted by molar-refractivity contribution is 5.85. The number of carbonyl (C=O) groups is 3. The molecule has 272 valence electrons. The number of amides is 3. The Labute approximate surface area is 308 Å². The monoisotopic (exact) mass is 712 g/mol. The molecule has 3 amide bonds. The molecule has 12 nitrogen and oxygen atoms in total. The van der Waals surface area contributed by atoms with E-state index >= 15 is 0 Å². The smallest absolute Gasteiger partial charge is 0.405 e. The number of benzene rings is 3. The molecule has 0 saturated carbocycles. The summed E-state index contributed by atoms with van der Waals surface area (Å²) in [4.78, 5) is 61.1. The number of aromatic amines is 2. The topological polar surface area (TPSA) is 154 Å². The molecule has 4 atom stereocenters. The Kier molecular flexibility index (Phi) is 9.53. The van der Waals surface area contributed by atoms with E-state index in [2.05, 4.69) is 68.4 Å². The van der Waals surface area contributed by atoms with Crippen molar-refractivity contribution in [3.63, 3.8) is 0 Å². The molecular weight excluding hydrogens is 669 g/mol. The average molecular weight is 713 g/mol. The second-order valence-corrected chi connectivity index (χ2v) is 14.3. The molecule has 3 aromatic carbocycles. The van der Waals surface area contributed by atoms with Gasteiger partial charge in [-0.1, -0.05) is 78.9 Å². The number of carbonyl (C=O) groups excluding carboxylic acids is 3. The van der Waals surface area contributed by atoms with E-state index in [0.717, 1.165) is 91.1 Å². The van der Waals surface area contributed by atoms with Crippen LogP contribution in [0.3, 0.4) is 0 Å². The van der Waals surface area contributed by atoms with Gasteiger partial charge in [-0.3, -0.25) is 14.5 Å². The second-order valence-electron chi connectivity index (χ2n) is 14.3. The van der Waals surface area contributed by atoms with Crippen LogP contribution in [0.25, 0.3) is 33.6 Å². The molecule has 12 heteroatoms. The predicted octanol–water partition coefficient (Wildman–Crippen LogP) is 6.39. The summed E-state index contributed by atoms with van der Waals surface area (Å²) < 4.78 is 5.29. The van der Waals surface area contributed by atoms with Crippen molar-refractivity contribution in [2.24, 2.45) is 5.73 Å². The molecule has 3 saturated heterocycles. The minimum atomic E-state index is -1.12. The molecule has 53 heavy (non-hydrogen) atoms. The number of aromatic nitrogens is 4. The van der Waals surface area contributed by atoms with E-state index in [4.69, 9.17) is 15.5 Å². The highest BCUT2D eigenvalue weighted by Crippen LogP contribution is 2.36. The van der Waals surface area contributed by atoms with Crippen molar-refractivity contribution in [3.05, 3.63) is 108 Å². The molecule has 2 aromatic heterocycles. The fourth-order valence-electron chi connectivity index (χ4n) is 8.19. The molecule has 0 spiro atoms. The summed E-state index contributed by atoms with van der Waals surface area (Å²) >= 11 is 0. The van der Waals surface area contributed by atoms with Crippen molar-refractivity contribution in [2.45, 2.75) is 62.8 Å². The van der Waals surface area contributed by atoms with Gasteiger partial charge < -0.3 is 30.2 Å². The van der Waals surface area contributed by atoms with E-state index in [1.807, 2.05) is 24.2 Å². The van der Waals surface area contributed by atoms with Gasteiger partial charge in [-0.25, -0.2) is 14.8 Å². The van der Waals surface area contributed by atoms with Crippen molar-refractivity contribution >= 4 is 17.9 Å². The lowest BCUT2D eigenvalue weighted by atomic mass is 10.0. The maximum Gasteiger partial charge on any atom is 0.405 e. The van der Waals surface area contributed by atoms with Crippen LogP contribution in [0.2, 0.25) is 0 Å². The second kappa shape index (κ2) is 14.7. The third-order valence-electron chi connectivity index (χ3n) is 11.0. The lowest BCUT2D eigenvalue weighted by Crippen LogP contribution is -2.44. The number of nitrogens with two attached hydrogens (primary N) is 1. The van der Waals surface area contributed by atoms with Crippen LogP contribution in [0, 0.1) is 0 Å². The number of hydrogen-bond acceptors (Lipinski definition) is 7. The summed E-state index contributed by atoms with van der Waals surface area (Å²) in [6.07, 6.45) is 7.00. The quantitative estimate of drug-likeness (QED) is 0.160. The maximum atomic E-state index is 13.7. The number of nitrogens with one attached hydrogen (secondary N) is 2. The molecule has 3 aliphatic rings. The molecule has 0 aliphatic carbocycles. The lowest BCUT2D eigenvalue weighted by Gasteiger charge is -2.29. The van der Waals surface area contributed by atoms with Crippen LogP contribution >= 0.6 is 0 Å². The van der Waals surface area contributed by atoms with Crippen LogP contribution < -0.4 is 5.73 Å². The van der Waals surface area contributed by atoms with Gasteiger partial charge in [0.25, 0.3) is 5.91 Å². The SMILES string of the molecule is CN1CCC[C@H]1C(=O)N1CCC[C@H]1c1ncc(-c2ccc(-c3ccc(-c4cnc([C@@H]5CCCN5C(=O)[C@H](OC(N)=O)c5ccccc5)[nH]4)cc3)cc2)[nH]1. The van der Waals surface area contributed by atoms with E-state index in [1.54, 1.807) is 35.4 Å². The van der Waals surface area contributed by atoms with E-state index in [0.29, 0.717) is 17.9 Å². The predicted molar refractivity (Wildman–Crippen MR) is 200 cm³/mol. The lowest BCUT2D eigenvalue weighted by molar-refractivity contribution is -0.141. The van der Waals surface area contributed by atoms with Gasteiger partial charge in [0.2, 0.25) is 12.0 Å². The average Bonchev–Trinajstić information content (AvgIpc) is 4.03. The summed E-state index contributed by atoms with van der Waals surface area (Å²) in [5, 5.41) is 0. The van der Waals surface area contributed by atoms with Crippen LogP contribution in [0.1, 0.15) is 73.9 Å². The number of nitrogens with zero attached hydrogens (tertiary/aromatic N) is 5. The van der Waals surface area contributed by atoms with Gasteiger partial charge in [-0.05, 0) is 74.4 Å². The minimum absolute atomic E-state index is 0.0107. The van der Waals surface area contributed by atoms with Crippen LogP contribution in [-0.2, 0) is 14.3 Å². The number of ether oxygens (including phenoxy) is 1. The Morgan fingerprint density at radius 2 is 1.21 bits per heavy atom. The minimum Gasteiger partial charge on any atom is -0.431 e. The van der Waals surface area contributed by atoms with Gasteiger partial charge in [-0.15, -0.1) is 0 Å². The molecule has 0 unspecified atom stereocenters. The first-order valence-corrected chi connectivity index (χ1v) is 18.5. The van der Waals surface area contributed by atoms with Crippen LogP contribution in [0.5, 0.6) is 0 Å². The number of likely N-dealkylation sites (tertiary alicyclic amines) is 3. The summed E-state index contributed by atoms with van der Waals surface area (Å²) in [5.41, 5.74) is 11.9. The Bertz CT molecular complexity index is 2080. The molecule has 0 bridgehead atoms. The number of hydrogen-bond donors (Lipinski definition) is 3. The Hall–Kier alpha value is -5.75. The van der Waals surface area contributed by atoms with Crippen LogP contribution in [0.4, 0.5) is 4.79 Å². The van der Waals surface area contributed by atoms with Gasteiger partial charge in [0, 0.05) is 18.7 Å². The fourth-order valence-corrected chi connectivity index (χ4v) is 8.19. The van der Waals surface area contributed by atoms with E-state index in [1.165, 1.54) is 0 Å². The highest BCUT2D eigenvalue weighted by atomic mass is 16.6. The zero-order chi connectivity index (χ0) is 36.5. The first kappa shape index (κ1) is 34.3. The Balaban J connectivity index is 0.928. The molecule has 3 fully saturated rings. The van der Waals surface area contributed by atoms with Crippen molar-refractivity contribution in [2.75, 3.05) is 26.7 Å². The van der Waals surface area contributed by atoms with Gasteiger partial charge in [-0.2, -0.15) is 0 Å². The van der Waals surface area contributed by atoms with E-state index in [-0.39, 0.29) is 29.9 Å². The normalized spacial score (nSPS) is 20.9. The van der Waals surface area contributed by atoms with Crippen LogP contribution in [0.15, 0.2) is 91.3 Å². The van der Waals surface area contributed by atoms with E-state index < -0.39 is 12.2 Å². The number of likely N-dealkylation sites (N-methyl/N-ethyl adjacent to an activating group) is 1. The van der Waals surface area contributed by atoms with Gasteiger partial charge in [0.05, 0.1) is 41.9 Å². The molecule has 5 aromatic rings. The zero-order valence-electron chi connectivity index (χ0n) is 29.8. The molecule has 0 radical (unpaired) electrons. The summed E-state index contributed by atoms with van der Waals surface area (Å²) in [7, 11) is 2.05. The van der Waals surface area contributed by atoms with Crippen molar-refractivity contribution in [1.29, 1.82) is 0 Å². The Morgan fingerprint density at radius 3 is 1.74 bits per heavy atom. The molecule has 3 aliphatic heterocycles. The fraction of sp³-hybridized carbons (Fsp3) is 0.341. The zero-order valence-corrected chi connectivity index (χ0v) is 29.8. The third kappa shape index (κ3) is 6.94. The first-order chi connectivity index (χ1) is 25.8. The molecule has 5 heterocycles. The summed E-state index contributed by atoms with van der Waals surface area (Å²) in [6.45, 7) is 2.28.